The molecule has 3 N–H and O–H groups in total. The van der Waals surface area contributed by atoms with Gasteiger partial charge >= 0.3 is 0 Å². The van der Waals surface area contributed by atoms with E-state index in [1.54, 1.807) is 18.2 Å². The molecule has 1 unspecified atom stereocenters. The number of primary amides is 1. The number of rotatable bonds is 3. The van der Waals surface area contributed by atoms with Crippen molar-refractivity contribution in [2.75, 3.05) is 0 Å². The van der Waals surface area contributed by atoms with Gasteiger partial charge in [-0.3, -0.25) is 24.5 Å². The lowest BCUT2D eigenvalue weighted by Gasteiger charge is -2.29. The Hall–Kier alpha value is -3.56. The fourth-order valence-corrected chi connectivity index (χ4v) is 3.21. The van der Waals surface area contributed by atoms with E-state index in [0.29, 0.717) is 17.7 Å². The third kappa shape index (κ3) is 2.51. The number of fused-ring (bicyclic) bond motifs is 1. The highest BCUT2D eigenvalue weighted by Crippen LogP contribution is 2.28. The molecule has 0 radical (unpaired) electrons. The Kier molecular flexibility index (Phi) is 3.53. The maximum absolute atomic E-state index is 12.6. The van der Waals surface area contributed by atoms with Crippen molar-refractivity contribution in [2.24, 2.45) is 5.73 Å². The van der Waals surface area contributed by atoms with Crippen molar-refractivity contribution < 1.29 is 19.2 Å². The van der Waals surface area contributed by atoms with Crippen LogP contribution in [0.25, 0.3) is 5.69 Å². The summed E-state index contributed by atoms with van der Waals surface area (Å²) < 4.78 is 1.39. The van der Waals surface area contributed by atoms with Crippen molar-refractivity contribution in [3.8, 4) is 5.69 Å². The Morgan fingerprint density at radius 3 is 2.77 bits per heavy atom. The minimum absolute atomic E-state index is 0.0340. The number of nitrogens with one attached hydrogen (secondary N) is 1. The van der Waals surface area contributed by atoms with Gasteiger partial charge in [0.05, 0.1) is 11.9 Å². The number of piperidine rings is 1. The maximum atomic E-state index is 12.6. The molecule has 132 valence electrons. The molecule has 10 heteroatoms. The van der Waals surface area contributed by atoms with Gasteiger partial charge in [0, 0.05) is 18.5 Å². The Balaban J connectivity index is 1.61. The van der Waals surface area contributed by atoms with E-state index in [0.717, 1.165) is 5.56 Å². The highest BCUT2D eigenvalue weighted by molar-refractivity contribution is 6.05. The van der Waals surface area contributed by atoms with Gasteiger partial charge in [-0.1, -0.05) is 5.21 Å². The molecule has 3 heterocycles. The highest BCUT2D eigenvalue weighted by Gasteiger charge is 2.39. The largest absolute Gasteiger partial charge is 0.364 e. The van der Waals surface area contributed by atoms with Gasteiger partial charge in [-0.25, -0.2) is 4.68 Å². The van der Waals surface area contributed by atoms with Gasteiger partial charge in [0.15, 0.2) is 5.69 Å². The summed E-state index contributed by atoms with van der Waals surface area (Å²) in [6.45, 7) is 0.256. The van der Waals surface area contributed by atoms with Crippen LogP contribution in [0, 0.1) is 0 Å². The number of amides is 4. The van der Waals surface area contributed by atoms with Crippen molar-refractivity contribution in [1.29, 1.82) is 0 Å². The first-order chi connectivity index (χ1) is 12.4. The standard InChI is InChI=1S/C16H14N6O4/c17-14(24)11-7-22(20-19-11)9-1-2-10-8(5-9)6-21(16(10)26)12-3-4-13(23)18-15(12)25/h1-2,5,7,12H,3-4,6H2,(H2,17,24)(H,18,23,25). The Morgan fingerprint density at radius 2 is 2.08 bits per heavy atom. The third-order valence-corrected chi connectivity index (χ3v) is 4.52. The van der Waals surface area contributed by atoms with E-state index in [9.17, 15) is 19.2 Å². The quantitative estimate of drug-likeness (QED) is 0.686. The van der Waals surface area contributed by atoms with E-state index in [1.807, 2.05) is 0 Å². The number of aromatic nitrogens is 3. The average Bonchev–Trinajstić information content (AvgIpc) is 3.20. The summed E-state index contributed by atoms with van der Waals surface area (Å²) in [7, 11) is 0. The molecule has 26 heavy (non-hydrogen) atoms. The minimum atomic E-state index is -0.684. The molecule has 2 aromatic rings. The molecule has 0 aliphatic carbocycles. The van der Waals surface area contributed by atoms with Gasteiger partial charge in [-0.15, -0.1) is 5.10 Å². The molecular weight excluding hydrogens is 340 g/mol. The molecule has 0 spiro atoms. The lowest BCUT2D eigenvalue weighted by molar-refractivity contribution is -0.136. The van der Waals surface area contributed by atoms with Crippen LogP contribution < -0.4 is 11.1 Å². The Morgan fingerprint density at radius 1 is 1.27 bits per heavy atom. The summed E-state index contributed by atoms with van der Waals surface area (Å²) in [5.41, 5.74) is 7.04. The molecule has 1 fully saturated rings. The predicted octanol–water partition coefficient (Wildman–Crippen LogP) is -0.873. The second kappa shape index (κ2) is 5.76. The number of benzene rings is 1. The normalized spacial score (nSPS) is 19.5. The summed E-state index contributed by atoms with van der Waals surface area (Å²) in [6, 6.07) is 4.40. The number of nitrogens with two attached hydrogens (primary N) is 1. The van der Waals surface area contributed by atoms with Crippen LogP contribution in [0.3, 0.4) is 0 Å². The molecule has 4 rings (SSSR count). The van der Waals surface area contributed by atoms with Crippen molar-refractivity contribution in [3.63, 3.8) is 0 Å². The molecule has 1 aromatic carbocycles. The van der Waals surface area contributed by atoms with Crippen molar-refractivity contribution >= 4 is 23.6 Å². The minimum Gasteiger partial charge on any atom is -0.364 e. The van der Waals surface area contributed by atoms with E-state index in [-0.39, 0.29) is 30.5 Å². The molecule has 4 amide bonds. The predicted molar refractivity (Wildman–Crippen MR) is 85.9 cm³/mol. The third-order valence-electron chi connectivity index (χ3n) is 4.52. The molecule has 1 atom stereocenters. The average molecular weight is 354 g/mol. The lowest BCUT2D eigenvalue weighted by atomic mass is 10.0. The summed E-state index contributed by atoms with van der Waals surface area (Å²) in [5, 5.41) is 9.80. The Bertz CT molecular complexity index is 965. The van der Waals surface area contributed by atoms with E-state index < -0.39 is 17.9 Å². The molecule has 2 aliphatic heterocycles. The topological polar surface area (TPSA) is 140 Å². The zero-order valence-electron chi connectivity index (χ0n) is 13.5. The zero-order chi connectivity index (χ0) is 18.4. The fourth-order valence-electron chi connectivity index (χ4n) is 3.21. The zero-order valence-corrected chi connectivity index (χ0v) is 13.5. The van der Waals surface area contributed by atoms with Crippen molar-refractivity contribution in [1.82, 2.24) is 25.2 Å². The van der Waals surface area contributed by atoms with Gasteiger partial charge in [0.2, 0.25) is 11.8 Å². The fraction of sp³-hybridized carbons (Fsp3) is 0.250. The smallest absolute Gasteiger partial charge is 0.270 e. The first-order valence-electron chi connectivity index (χ1n) is 7.94. The molecule has 0 bridgehead atoms. The summed E-state index contributed by atoms with van der Waals surface area (Å²) in [4.78, 5) is 48.6. The molecular formula is C16H14N6O4. The maximum Gasteiger partial charge on any atom is 0.270 e. The Labute approximate surface area is 146 Å². The second-order valence-corrected chi connectivity index (χ2v) is 6.15. The van der Waals surface area contributed by atoms with Gasteiger partial charge in [-0.05, 0) is 30.2 Å². The van der Waals surface area contributed by atoms with Crippen LogP contribution in [0.5, 0.6) is 0 Å². The van der Waals surface area contributed by atoms with E-state index in [2.05, 4.69) is 15.6 Å². The lowest BCUT2D eigenvalue weighted by Crippen LogP contribution is -2.52. The van der Waals surface area contributed by atoms with Crippen LogP contribution in [0.1, 0.15) is 39.3 Å². The van der Waals surface area contributed by atoms with E-state index >= 15 is 0 Å². The van der Waals surface area contributed by atoms with Crippen LogP contribution in [0.15, 0.2) is 24.4 Å². The summed E-state index contributed by atoms with van der Waals surface area (Å²) in [6.07, 6.45) is 1.91. The number of hydrogen-bond acceptors (Lipinski definition) is 6. The molecule has 0 saturated carbocycles. The van der Waals surface area contributed by atoms with E-state index in [1.165, 1.54) is 15.8 Å². The van der Waals surface area contributed by atoms with E-state index in [4.69, 9.17) is 5.73 Å². The van der Waals surface area contributed by atoms with Crippen LogP contribution in [0.4, 0.5) is 0 Å². The number of carbonyl (C=O) groups excluding carboxylic acids is 4. The monoisotopic (exact) mass is 354 g/mol. The summed E-state index contributed by atoms with van der Waals surface area (Å²) >= 11 is 0. The van der Waals surface area contributed by atoms with Crippen LogP contribution in [-0.4, -0.2) is 49.6 Å². The van der Waals surface area contributed by atoms with Crippen molar-refractivity contribution in [2.45, 2.75) is 25.4 Å². The number of nitrogens with zero attached hydrogens (tertiary/aromatic N) is 4. The van der Waals surface area contributed by atoms with Gasteiger partial charge < -0.3 is 10.6 Å². The molecule has 10 nitrogen and oxygen atoms in total. The highest BCUT2D eigenvalue weighted by atomic mass is 16.2. The number of imide groups is 1. The molecule has 1 saturated heterocycles. The molecule has 2 aliphatic rings. The summed E-state index contributed by atoms with van der Waals surface area (Å²) in [5.74, 6) is -1.71. The van der Waals surface area contributed by atoms with Gasteiger partial charge in [-0.2, -0.15) is 0 Å². The number of carbonyl (C=O) groups is 4. The first-order valence-corrected chi connectivity index (χ1v) is 7.94. The van der Waals surface area contributed by atoms with Crippen LogP contribution >= 0.6 is 0 Å². The van der Waals surface area contributed by atoms with Crippen molar-refractivity contribution in [3.05, 3.63) is 41.2 Å². The molecule has 1 aromatic heterocycles. The first kappa shape index (κ1) is 15.9. The van der Waals surface area contributed by atoms with Crippen LogP contribution in [-0.2, 0) is 16.1 Å². The van der Waals surface area contributed by atoms with Gasteiger partial charge in [0.1, 0.15) is 6.04 Å². The number of hydrogen-bond donors (Lipinski definition) is 2. The van der Waals surface area contributed by atoms with Crippen LogP contribution in [0.2, 0.25) is 0 Å². The second-order valence-electron chi connectivity index (χ2n) is 6.15. The SMILES string of the molecule is NC(=O)c1cn(-c2ccc3c(c2)CN(C2CCC(=O)NC2=O)C3=O)nn1. The van der Waals surface area contributed by atoms with Gasteiger partial charge in [0.25, 0.3) is 11.8 Å².